The molecule has 1 aromatic heterocycles. The molecular weight excluding hydrogens is 278 g/mol. The molecule has 2 aromatic rings. The number of H-pyrrole nitrogens is 1. The highest BCUT2D eigenvalue weighted by Crippen LogP contribution is 2.17. The highest BCUT2D eigenvalue weighted by Gasteiger charge is 2.22. The van der Waals surface area contributed by atoms with Crippen molar-refractivity contribution in [3.05, 3.63) is 53.6 Å². The maximum absolute atomic E-state index is 12.1. The molecule has 0 bridgehead atoms. The zero-order valence-corrected chi connectivity index (χ0v) is 13.5. The van der Waals surface area contributed by atoms with E-state index in [9.17, 15) is 4.79 Å². The van der Waals surface area contributed by atoms with E-state index >= 15 is 0 Å². The molecule has 0 saturated carbocycles. The first-order valence-corrected chi connectivity index (χ1v) is 7.38. The third-order valence-electron chi connectivity index (χ3n) is 3.03. The zero-order chi connectivity index (χ0) is 16.2. The summed E-state index contributed by atoms with van der Waals surface area (Å²) in [6.07, 6.45) is 1.96. The standard InChI is InChI=1S/C17H23N3O2/c1-12-11-18-15(19-12)14(10-13-8-6-5-7-9-13)20-16(21)22-17(2,3)4/h5-9,11,14H,10H2,1-4H3,(H,18,19)(H,20,21). The average molecular weight is 301 g/mol. The van der Waals surface area contributed by atoms with E-state index in [0.717, 1.165) is 17.1 Å². The molecule has 0 aliphatic rings. The molecule has 1 heterocycles. The van der Waals surface area contributed by atoms with Crippen LogP contribution in [0.5, 0.6) is 0 Å². The molecule has 0 aliphatic carbocycles. The molecule has 118 valence electrons. The van der Waals surface area contributed by atoms with Crippen molar-refractivity contribution in [1.29, 1.82) is 0 Å². The minimum Gasteiger partial charge on any atom is -0.444 e. The van der Waals surface area contributed by atoms with Gasteiger partial charge in [0.05, 0.1) is 6.04 Å². The predicted octanol–water partition coefficient (Wildman–Crippen LogP) is 3.53. The van der Waals surface area contributed by atoms with Gasteiger partial charge < -0.3 is 15.0 Å². The lowest BCUT2D eigenvalue weighted by molar-refractivity contribution is 0.0501. The van der Waals surface area contributed by atoms with Gasteiger partial charge in [-0.15, -0.1) is 0 Å². The van der Waals surface area contributed by atoms with Crippen molar-refractivity contribution in [1.82, 2.24) is 15.3 Å². The first kappa shape index (κ1) is 16.1. The fraction of sp³-hybridized carbons (Fsp3) is 0.412. The number of aromatic amines is 1. The third kappa shape index (κ3) is 4.91. The molecular formula is C17H23N3O2. The number of ether oxygens (including phenoxy) is 1. The first-order chi connectivity index (χ1) is 10.3. The van der Waals surface area contributed by atoms with Gasteiger partial charge in [0.25, 0.3) is 0 Å². The summed E-state index contributed by atoms with van der Waals surface area (Å²) in [5, 5.41) is 2.90. The van der Waals surface area contributed by atoms with E-state index < -0.39 is 11.7 Å². The molecule has 0 radical (unpaired) electrons. The van der Waals surface area contributed by atoms with Crippen molar-refractivity contribution in [2.45, 2.75) is 45.8 Å². The fourth-order valence-electron chi connectivity index (χ4n) is 2.13. The lowest BCUT2D eigenvalue weighted by atomic mass is 10.1. The summed E-state index contributed by atoms with van der Waals surface area (Å²) in [5.41, 5.74) is 1.55. The topological polar surface area (TPSA) is 67.0 Å². The van der Waals surface area contributed by atoms with Crippen LogP contribution in [0.2, 0.25) is 0 Å². The summed E-state index contributed by atoms with van der Waals surface area (Å²) in [6, 6.07) is 9.72. The van der Waals surface area contributed by atoms with E-state index in [2.05, 4.69) is 15.3 Å². The number of carbonyl (C=O) groups excluding carboxylic acids is 1. The predicted molar refractivity (Wildman–Crippen MR) is 85.6 cm³/mol. The summed E-state index contributed by atoms with van der Waals surface area (Å²) < 4.78 is 5.34. The number of carbonyl (C=O) groups is 1. The first-order valence-electron chi connectivity index (χ1n) is 7.38. The molecule has 0 saturated heterocycles. The largest absolute Gasteiger partial charge is 0.444 e. The van der Waals surface area contributed by atoms with Crippen LogP contribution in [0.4, 0.5) is 4.79 Å². The number of nitrogens with zero attached hydrogens (tertiary/aromatic N) is 1. The fourth-order valence-corrected chi connectivity index (χ4v) is 2.13. The van der Waals surface area contributed by atoms with Crippen LogP contribution >= 0.6 is 0 Å². The molecule has 1 amide bonds. The van der Waals surface area contributed by atoms with Crippen molar-refractivity contribution >= 4 is 6.09 Å². The number of rotatable bonds is 4. The summed E-state index contributed by atoms with van der Waals surface area (Å²) >= 11 is 0. The van der Waals surface area contributed by atoms with Crippen LogP contribution in [0.25, 0.3) is 0 Å². The number of amides is 1. The van der Waals surface area contributed by atoms with Crippen LogP contribution in [-0.4, -0.2) is 21.7 Å². The van der Waals surface area contributed by atoms with Crippen LogP contribution in [0.3, 0.4) is 0 Å². The maximum Gasteiger partial charge on any atom is 0.408 e. The lowest BCUT2D eigenvalue weighted by Crippen LogP contribution is -2.36. The smallest absolute Gasteiger partial charge is 0.408 e. The Hall–Kier alpha value is -2.30. The highest BCUT2D eigenvalue weighted by molar-refractivity contribution is 5.68. The molecule has 2 rings (SSSR count). The van der Waals surface area contributed by atoms with Gasteiger partial charge in [0, 0.05) is 18.3 Å². The van der Waals surface area contributed by atoms with Crippen molar-refractivity contribution in [2.24, 2.45) is 0 Å². The average Bonchev–Trinajstić information content (AvgIpc) is 2.84. The Bertz CT molecular complexity index is 614. The van der Waals surface area contributed by atoms with Gasteiger partial charge in [-0.05, 0) is 33.3 Å². The number of aromatic nitrogens is 2. The summed E-state index contributed by atoms with van der Waals surface area (Å²) in [6.45, 7) is 7.46. The van der Waals surface area contributed by atoms with Crippen LogP contribution in [0.1, 0.15) is 43.9 Å². The molecule has 5 heteroatoms. The van der Waals surface area contributed by atoms with E-state index in [0.29, 0.717) is 6.42 Å². The zero-order valence-electron chi connectivity index (χ0n) is 13.5. The molecule has 5 nitrogen and oxygen atoms in total. The second-order valence-electron chi connectivity index (χ2n) is 6.34. The third-order valence-corrected chi connectivity index (χ3v) is 3.03. The minimum atomic E-state index is -0.527. The van der Waals surface area contributed by atoms with Crippen LogP contribution in [0.15, 0.2) is 36.5 Å². The Morgan fingerprint density at radius 1 is 1.32 bits per heavy atom. The van der Waals surface area contributed by atoms with Crippen LogP contribution in [0, 0.1) is 6.92 Å². The Balaban J connectivity index is 2.13. The van der Waals surface area contributed by atoms with Gasteiger partial charge in [0.15, 0.2) is 0 Å². The molecule has 1 atom stereocenters. The van der Waals surface area contributed by atoms with E-state index in [4.69, 9.17) is 4.74 Å². The summed E-state index contributed by atoms with van der Waals surface area (Å²) in [7, 11) is 0. The van der Waals surface area contributed by atoms with Gasteiger partial charge in [-0.3, -0.25) is 0 Å². The van der Waals surface area contributed by atoms with Gasteiger partial charge in [0.2, 0.25) is 0 Å². The second kappa shape index (κ2) is 6.64. The molecule has 2 N–H and O–H groups in total. The highest BCUT2D eigenvalue weighted by atomic mass is 16.6. The molecule has 0 aliphatic heterocycles. The number of hydrogen-bond donors (Lipinski definition) is 2. The Labute approximate surface area is 131 Å². The van der Waals surface area contributed by atoms with Gasteiger partial charge >= 0.3 is 6.09 Å². The van der Waals surface area contributed by atoms with E-state index in [1.54, 1.807) is 6.20 Å². The second-order valence-corrected chi connectivity index (χ2v) is 6.34. The molecule has 22 heavy (non-hydrogen) atoms. The number of hydrogen-bond acceptors (Lipinski definition) is 3. The van der Waals surface area contributed by atoms with Crippen LogP contribution < -0.4 is 5.32 Å². The Kier molecular flexibility index (Phi) is 4.85. The number of imidazole rings is 1. The molecule has 0 spiro atoms. The van der Waals surface area contributed by atoms with E-state index in [-0.39, 0.29) is 6.04 Å². The van der Waals surface area contributed by atoms with Crippen molar-refractivity contribution in [2.75, 3.05) is 0 Å². The monoisotopic (exact) mass is 301 g/mol. The van der Waals surface area contributed by atoms with Crippen molar-refractivity contribution in [3.63, 3.8) is 0 Å². The molecule has 0 fully saturated rings. The normalized spacial score (nSPS) is 12.7. The lowest BCUT2D eigenvalue weighted by Gasteiger charge is -2.23. The van der Waals surface area contributed by atoms with Gasteiger partial charge in [-0.25, -0.2) is 9.78 Å². The number of alkyl carbamates (subject to hydrolysis) is 1. The number of benzene rings is 1. The minimum absolute atomic E-state index is 0.258. The Morgan fingerprint density at radius 3 is 2.55 bits per heavy atom. The van der Waals surface area contributed by atoms with Gasteiger partial charge in [-0.1, -0.05) is 30.3 Å². The SMILES string of the molecule is Cc1cnc(C(Cc2ccccc2)NC(=O)OC(C)(C)C)[nH]1. The van der Waals surface area contributed by atoms with E-state index in [1.165, 1.54) is 0 Å². The van der Waals surface area contributed by atoms with E-state index in [1.807, 2.05) is 58.0 Å². The van der Waals surface area contributed by atoms with Crippen LogP contribution in [-0.2, 0) is 11.2 Å². The maximum atomic E-state index is 12.1. The number of nitrogens with one attached hydrogen (secondary N) is 2. The summed E-state index contributed by atoms with van der Waals surface area (Å²) in [4.78, 5) is 19.6. The molecule has 1 aromatic carbocycles. The van der Waals surface area contributed by atoms with Crippen molar-refractivity contribution < 1.29 is 9.53 Å². The Morgan fingerprint density at radius 2 is 2.00 bits per heavy atom. The van der Waals surface area contributed by atoms with Gasteiger partial charge in [-0.2, -0.15) is 0 Å². The molecule has 1 unspecified atom stereocenters. The quantitative estimate of drug-likeness (QED) is 0.908. The summed E-state index contributed by atoms with van der Waals surface area (Å²) in [5.74, 6) is 0.729. The van der Waals surface area contributed by atoms with Gasteiger partial charge in [0.1, 0.15) is 11.4 Å². The van der Waals surface area contributed by atoms with Crippen molar-refractivity contribution in [3.8, 4) is 0 Å². The number of aryl methyl sites for hydroxylation is 1.